The number of aliphatic carboxylic acids is 2. The van der Waals surface area contributed by atoms with Crippen LogP contribution in [0, 0.1) is 0 Å². The second-order valence-corrected chi connectivity index (χ2v) is 12.6. The molecule has 1 aliphatic rings. The van der Waals surface area contributed by atoms with Crippen molar-refractivity contribution in [3.63, 3.8) is 0 Å². The summed E-state index contributed by atoms with van der Waals surface area (Å²) in [5.74, 6) is -4.75. The third kappa shape index (κ3) is 11.6. The van der Waals surface area contributed by atoms with Crippen molar-refractivity contribution < 1.29 is 55.7 Å². The van der Waals surface area contributed by atoms with Gasteiger partial charge in [0.2, 0.25) is 5.91 Å². The Balaban J connectivity index is 0.000000410. The lowest BCUT2D eigenvalue weighted by Crippen LogP contribution is -2.40. The average Bonchev–Trinajstić information content (AvgIpc) is 3.79. The minimum Gasteiger partial charge on any atom is -0.475 e. The van der Waals surface area contributed by atoms with Gasteiger partial charge < -0.3 is 30.8 Å². The van der Waals surface area contributed by atoms with Crippen molar-refractivity contribution in [2.75, 3.05) is 6.54 Å². The molecule has 3 aromatic carbocycles. The first kappa shape index (κ1) is 42.0. The maximum absolute atomic E-state index is 13.9. The summed E-state index contributed by atoms with van der Waals surface area (Å²) >= 11 is 0. The summed E-state index contributed by atoms with van der Waals surface area (Å²) in [6, 6.07) is 22.6. The van der Waals surface area contributed by atoms with E-state index in [-0.39, 0.29) is 17.9 Å². The first-order chi connectivity index (χ1) is 26.0. The Bertz CT molecular complexity index is 2080. The van der Waals surface area contributed by atoms with Gasteiger partial charge in [0.15, 0.2) is 0 Å². The Morgan fingerprint density at radius 3 is 2.15 bits per heavy atom. The van der Waals surface area contributed by atoms with Crippen LogP contribution in [0.5, 0.6) is 0 Å². The highest BCUT2D eigenvalue weighted by Gasteiger charge is 2.39. The third-order valence-electron chi connectivity index (χ3n) is 8.77. The zero-order valence-electron chi connectivity index (χ0n) is 29.5. The molecule has 0 saturated carbocycles. The van der Waals surface area contributed by atoms with Crippen LogP contribution >= 0.6 is 0 Å². The van der Waals surface area contributed by atoms with Crippen LogP contribution in [0.2, 0.25) is 0 Å². The van der Waals surface area contributed by atoms with Crippen LogP contribution in [0.3, 0.4) is 0 Å². The number of Topliss-reactive ketones (excluding diaryl/α,β-unsaturated/α-hetero) is 1. The number of H-pyrrole nitrogens is 2. The Labute approximate surface area is 310 Å². The van der Waals surface area contributed by atoms with Gasteiger partial charge in [-0.2, -0.15) is 26.3 Å². The number of unbranched alkanes of at least 4 members (excludes halogenated alkanes) is 2. The molecule has 294 valence electrons. The van der Waals surface area contributed by atoms with Crippen LogP contribution in [-0.2, 0) is 25.7 Å². The molecule has 55 heavy (non-hydrogen) atoms. The normalized spacial score (nSPS) is 14.5. The second-order valence-electron chi connectivity index (χ2n) is 12.6. The molecular formula is C38H39F6N5O6. The number of carboxylic acids is 2. The number of aromatic nitrogens is 3. The summed E-state index contributed by atoms with van der Waals surface area (Å²) in [5, 5.41) is 24.5. The summed E-state index contributed by atoms with van der Waals surface area (Å²) in [6.07, 6.45) is -3.64. The molecule has 0 unspecified atom stereocenters. The summed E-state index contributed by atoms with van der Waals surface area (Å²) < 4.78 is 63.5. The number of carboxylic acid groups (broad SMARTS) is 2. The van der Waals surface area contributed by atoms with Crippen LogP contribution in [0.25, 0.3) is 32.9 Å². The van der Waals surface area contributed by atoms with E-state index in [0.717, 1.165) is 71.5 Å². The summed E-state index contributed by atoms with van der Waals surface area (Å²) in [4.78, 5) is 55.2. The fourth-order valence-corrected chi connectivity index (χ4v) is 6.02. The van der Waals surface area contributed by atoms with Crippen LogP contribution in [0.15, 0.2) is 72.9 Å². The maximum atomic E-state index is 13.9. The first-order valence-electron chi connectivity index (χ1n) is 17.3. The maximum Gasteiger partial charge on any atom is 0.490 e. The fourth-order valence-electron chi connectivity index (χ4n) is 6.02. The number of carbonyl (C=O) groups excluding carboxylic acids is 2. The van der Waals surface area contributed by atoms with Crippen molar-refractivity contribution in [1.29, 1.82) is 0 Å². The Hall–Kier alpha value is -5.71. The topological polar surface area (TPSA) is 177 Å². The summed E-state index contributed by atoms with van der Waals surface area (Å²) in [6.45, 7) is 3.23. The zero-order valence-corrected chi connectivity index (χ0v) is 29.5. The Morgan fingerprint density at radius 1 is 0.855 bits per heavy atom. The van der Waals surface area contributed by atoms with E-state index in [1.54, 1.807) is 0 Å². The first-order valence-corrected chi connectivity index (χ1v) is 17.3. The number of rotatable bonds is 11. The molecule has 6 N–H and O–H groups in total. The van der Waals surface area contributed by atoms with E-state index >= 15 is 0 Å². The van der Waals surface area contributed by atoms with Crippen LogP contribution in [-0.4, -0.2) is 67.7 Å². The van der Waals surface area contributed by atoms with Gasteiger partial charge in [-0.15, -0.1) is 0 Å². The lowest BCUT2D eigenvalue weighted by molar-refractivity contribution is -0.193. The van der Waals surface area contributed by atoms with Crippen molar-refractivity contribution in [1.82, 2.24) is 25.6 Å². The number of alkyl halides is 6. The molecule has 5 aromatic rings. The SMILES string of the molecule is CCC(=O)CCCCC[C@H](NC(=O)[C@H]1CNCc2[nH]c3ccccc3c21)c1ncc(-c2ccc3ccccc3c2)[nH]1.O=C(O)C(F)(F)F.O=C(O)C(F)(F)F. The highest BCUT2D eigenvalue weighted by atomic mass is 19.4. The molecule has 11 nitrogen and oxygen atoms in total. The largest absolute Gasteiger partial charge is 0.490 e. The number of para-hydroxylation sites is 1. The van der Waals surface area contributed by atoms with E-state index in [2.05, 4.69) is 63.1 Å². The van der Waals surface area contributed by atoms with Crippen LogP contribution in [0.4, 0.5) is 26.3 Å². The minimum atomic E-state index is -5.08. The predicted octanol–water partition coefficient (Wildman–Crippen LogP) is 7.95. The van der Waals surface area contributed by atoms with Crippen molar-refractivity contribution in [2.45, 2.75) is 76.3 Å². The molecule has 3 heterocycles. The van der Waals surface area contributed by atoms with Crippen molar-refractivity contribution in [2.24, 2.45) is 0 Å². The molecule has 0 aliphatic carbocycles. The zero-order chi connectivity index (χ0) is 40.3. The molecule has 0 bridgehead atoms. The Kier molecular flexibility index (Phi) is 14.2. The number of amides is 1. The monoisotopic (exact) mass is 775 g/mol. The van der Waals surface area contributed by atoms with Crippen molar-refractivity contribution in [3.8, 4) is 11.3 Å². The molecule has 2 aromatic heterocycles. The number of nitrogens with one attached hydrogen (secondary N) is 4. The van der Waals surface area contributed by atoms with E-state index in [1.165, 1.54) is 10.8 Å². The van der Waals surface area contributed by atoms with Crippen LogP contribution in [0.1, 0.15) is 74.5 Å². The van der Waals surface area contributed by atoms with E-state index in [9.17, 15) is 35.9 Å². The number of carbonyl (C=O) groups is 4. The standard InChI is InChI=1S/C34H37N5O2.2C2HF3O2/c1-2-25(40)12-4-3-5-15-29(33-36-21-30(38-33)24-17-16-22-10-6-7-11-23(22)18-24)39-34(41)27-19-35-20-31-32(27)26-13-8-9-14-28(26)37-31;2*3-2(4,5)1(6)7/h6-11,13-14,16-18,21,27,29,35,37H,2-5,12,15,19-20H2,1H3,(H,36,38)(H,39,41);2*(H,6,7)/t27-,29-;;/m0../s1. The molecule has 1 amide bonds. The molecular weight excluding hydrogens is 736 g/mol. The van der Waals surface area contributed by atoms with Crippen LogP contribution < -0.4 is 10.6 Å². The second kappa shape index (κ2) is 18.6. The molecule has 2 atom stereocenters. The molecule has 0 saturated heterocycles. The van der Waals surface area contributed by atoms with E-state index in [0.29, 0.717) is 25.2 Å². The van der Waals surface area contributed by atoms with Crippen molar-refractivity contribution >= 4 is 45.3 Å². The van der Waals surface area contributed by atoms with Gasteiger partial charge in [0.05, 0.1) is 23.9 Å². The number of nitrogens with zero attached hydrogens (tertiary/aromatic N) is 1. The highest BCUT2D eigenvalue weighted by Crippen LogP contribution is 2.33. The fraction of sp³-hybridized carbons (Fsp3) is 0.342. The van der Waals surface area contributed by atoms with Gasteiger partial charge in [0.25, 0.3) is 0 Å². The molecule has 0 radical (unpaired) electrons. The molecule has 0 fully saturated rings. The highest BCUT2D eigenvalue weighted by molar-refractivity contribution is 5.94. The van der Waals surface area contributed by atoms with E-state index in [1.807, 2.05) is 37.4 Å². The lowest BCUT2D eigenvalue weighted by Gasteiger charge is -2.26. The third-order valence-corrected chi connectivity index (χ3v) is 8.77. The molecule has 17 heteroatoms. The average molecular weight is 776 g/mol. The van der Waals surface area contributed by atoms with Gasteiger partial charge in [-0.1, -0.05) is 74.4 Å². The van der Waals surface area contributed by atoms with E-state index < -0.39 is 24.3 Å². The minimum absolute atomic E-state index is 0.00183. The molecule has 0 spiro atoms. The van der Waals surface area contributed by atoms with Gasteiger partial charge in [-0.05, 0) is 41.3 Å². The smallest absolute Gasteiger partial charge is 0.475 e. The number of hydrogen-bond acceptors (Lipinski definition) is 6. The van der Waals surface area contributed by atoms with Gasteiger partial charge in [-0.25, -0.2) is 14.6 Å². The molecule has 1 aliphatic heterocycles. The number of ketones is 1. The predicted molar refractivity (Wildman–Crippen MR) is 191 cm³/mol. The van der Waals surface area contributed by atoms with Gasteiger partial charge in [0, 0.05) is 48.1 Å². The quantitative estimate of drug-likeness (QED) is 0.0579. The van der Waals surface area contributed by atoms with Gasteiger partial charge >= 0.3 is 24.3 Å². The number of halogens is 6. The summed E-state index contributed by atoms with van der Waals surface area (Å²) in [5.41, 5.74) is 5.21. The number of fused-ring (bicyclic) bond motifs is 4. The van der Waals surface area contributed by atoms with Crippen molar-refractivity contribution in [3.05, 3.63) is 90.0 Å². The number of aromatic amines is 2. The van der Waals surface area contributed by atoms with Gasteiger partial charge in [-0.3, -0.25) is 9.59 Å². The number of imidazole rings is 1. The lowest BCUT2D eigenvalue weighted by atomic mass is 9.91. The number of hydrogen-bond donors (Lipinski definition) is 6. The summed E-state index contributed by atoms with van der Waals surface area (Å²) in [7, 11) is 0. The molecule has 6 rings (SSSR count). The van der Waals surface area contributed by atoms with Gasteiger partial charge in [0.1, 0.15) is 11.6 Å². The Morgan fingerprint density at radius 2 is 1.49 bits per heavy atom. The number of benzene rings is 3. The van der Waals surface area contributed by atoms with E-state index in [4.69, 9.17) is 24.8 Å².